The summed E-state index contributed by atoms with van der Waals surface area (Å²) in [5.41, 5.74) is 5.70. The summed E-state index contributed by atoms with van der Waals surface area (Å²) in [6.07, 6.45) is 2.16. The Hall–Kier alpha value is -2.09. The normalized spacial score (nSPS) is 14.2. The van der Waals surface area contributed by atoms with Crippen LogP contribution in [0, 0.1) is 0 Å². The lowest BCUT2D eigenvalue weighted by atomic mass is 10.4. The van der Waals surface area contributed by atoms with Crippen molar-refractivity contribution in [3.05, 3.63) is 12.0 Å². The molecule has 2 amide bonds. The fraction of sp³-hybridized carbons (Fsp3) is 0.444. The van der Waals surface area contributed by atoms with Gasteiger partial charge in [0.2, 0.25) is 0 Å². The van der Waals surface area contributed by atoms with Gasteiger partial charge in [-0.3, -0.25) is 10.2 Å². The van der Waals surface area contributed by atoms with Gasteiger partial charge >= 0.3 is 6.03 Å². The van der Waals surface area contributed by atoms with Gasteiger partial charge in [-0.15, -0.1) is 5.53 Å². The molecule has 0 spiro atoms. The van der Waals surface area contributed by atoms with Crippen molar-refractivity contribution in [3.63, 3.8) is 0 Å². The van der Waals surface area contributed by atoms with Crippen molar-refractivity contribution in [2.24, 2.45) is 0 Å². The molecule has 8 nitrogen and oxygen atoms in total. The van der Waals surface area contributed by atoms with Crippen molar-refractivity contribution in [1.82, 2.24) is 25.4 Å². The highest BCUT2D eigenvalue weighted by Crippen LogP contribution is 2.17. The first-order valence-corrected chi connectivity index (χ1v) is 5.32. The fourth-order valence-electron chi connectivity index (χ4n) is 1.57. The molecule has 1 aromatic rings. The van der Waals surface area contributed by atoms with Gasteiger partial charge in [0, 0.05) is 13.6 Å². The summed E-state index contributed by atoms with van der Waals surface area (Å²) in [5.74, 6) is 0.00601. The van der Waals surface area contributed by atoms with E-state index >= 15 is 0 Å². The second-order valence-electron chi connectivity index (χ2n) is 3.56. The molecule has 3 N–H and O–H groups in total. The smallest absolute Gasteiger partial charge is 0.346 e. The van der Waals surface area contributed by atoms with Gasteiger partial charge in [-0.05, 0) is 6.42 Å². The van der Waals surface area contributed by atoms with Crippen molar-refractivity contribution >= 4 is 17.8 Å². The Labute approximate surface area is 97.9 Å². The van der Waals surface area contributed by atoms with Crippen molar-refractivity contribution < 1.29 is 9.59 Å². The maximum atomic E-state index is 11.9. The lowest BCUT2D eigenvalue weighted by Gasteiger charge is -2.29. The minimum Gasteiger partial charge on any atom is -0.354 e. The molecule has 2 rings (SSSR count). The minimum absolute atomic E-state index is 0.185. The topological polar surface area (TPSA) is 91.3 Å². The van der Waals surface area contributed by atoms with Gasteiger partial charge in [0.1, 0.15) is 6.33 Å². The Morgan fingerprint density at radius 1 is 1.59 bits per heavy atom. The summed E-state index contributed by atoms with van der Waals surface area (Å²) < 4.78 is 1.30. The van der Waals surface area contributed by atoms with E-state index in [0.29, 0.717) is 12.4 Å². The van der Waals surface area contributed by atoms with E-state index in [4.69, 9.17) is 0 Å². The molecular formula is C9H14N6O2. The zero-order chi connectivity index (χ0) is 12.4. The van der Waals surface area contributed by atoms with Gasteiger partial charge in [0.05, 0.1) is 0 Å². The number of hydrogen-bond acceptors (Lipinski definition) is 5. The van der Waals surface area contributed by atoms with E-state index in [1.807, 2.05) is 6.92 Å². The van der Waals surface area contributed by atoms with Crippen molar-refractivity contribution in [2.45, 2.75) is 13.3 Å². The number of anilines is 1. The molecule has 92 valence electrons. The molecule has 0 aromatic carbocycles. The maximum absolute atomic E-state index is 11.9. The minimum atomic E-state index is -0.343. The van der Waals surface area contributed by atoms with Crippen LogP contribution in [0.1, 0.15) is 23.8 Å². The number of carbonyl (C=O) groups is 2. The molecule has 17 heavy (non-hydrogen) atoms. The molecule has 0 unspecified atom stereocenters. The Kier molecular flexibility index (Phi) is 2.96. The lowest BCUT2D eigenvalue weighted by Crippen LogP contribution is -2.52. The summed E-state index contributed by atoms with van der Waals surface area (Å²) in [7, 11) is 1.51. The second kappa shape index (κ2) is 4.42. The Morgan fingerprint density at radius 3 is 3.00 bits per heavy atom. The van der Waals surface area contributed by atoms with Gasteiger partial charge in [-0.2, -0.15) is 0 Å². The van der Waals surface area contributed by atoms with E-state index in [2.05, 4.69) is 21.3 Å². The summed E-state index contributed by atoms with van der Waals surface area (Å²) in [5, 5.41) is 3.88. The Balaban J connectivity index is 2.30. The number of carbonyl (C=O) groups excluding carboxylic acids is 2. The van der Waals surface area contributed by atoms with E-state index in [1.165, 1.54) is 23.0 Å². The van der Waals surface area contributed by atoms with Crippen LogP contribution in [-0.2, 0) is 0 Å². The van der Waals surface area contributed by atoms with E-state index in [0.717, 1.165) is 6.42 Å². The molecule has 2 heterocycles. The summed E-state index contributed by atoms with van der Waals surface area (Å²) in [6, 6.07) is -0.261. The van der Waals surface area contributed by atoms with Crippen LogP contribution < -0.4 is 16.3 Å². The van der Waals surface area contributed by atoms with Gasteiger partial charge in [0.25, 0.3) is 5.91 Å². The van der Waals surface area contributed by atoms with Crippen LogP contribution in [0.25, 0.3) is 0 Å². The third kappa shape index (κ3) is 1.82. The molecule has 0 saturated heterocycles. The molecule has 8 heteroatoms. The number of fused-ring (bicyclic) bond motifs is 1. The molecule has 1 aliphatic heterocycles. The number of nitrogens with zero attached hydrogens (tertiary/aromatic N) is 3. The molecule has 1 aliphatic rings. The third-order valence-corrected chi connectivity index (χ3v) is 2.40. The van der Waals surface area contributed by atoms with Crippen molar-refractivity contribution in [3.8, 4) is 0 Å². The SMILES string of the molecule is CCCN1NNc2c(C(=O)NC)ncn2C1=O. The van der Waals surface area contributed by atoms with Gasteiger partial charge in [0.15, 0.2) is 11.5 Å². The van der Waals surface area contributed by atoms with Gasteiger partial charge in [-0.25, -0.2) is 19.4 Å². The Bertz CT molecular complexity index is 454. The van der Waals surface area contributed by atoms with Crippen LogP contribution in [-0.4, -0.2) is 40.1 Å². The highest BCUT2D eigenvalue weighted by atomic mass is 16.2. The average Bonchev–Trinajstić information content (AvgIpc) is 2.76. The first-order valence-electron chi connectivity index (χ1n) is 5.32. The number of hydrazine groups is 2. The quantitative estimate of drug-likeness (QED) is 0.676. The summed E-state index contributed by atoms with van der Waals surface area (Å²) in [4.78, 5) is 27.3. The molecule has 0 bridgehead atoms. The number of imidazole rings is 1. The number of hydrogen-bond donors (Lipinski definition) is 3. The molecule has 0 fully saturated rings. The zero-order valence-corrected chi connectivity index (χ0v) is 9.65. The van der Waals surface area contributed by atoms with E-state index < -0.39 is 0 Å². The monoisotopic (exact) mass is 238 g/mol. The second-order valence-corrected chi connectivity index (χ2v) is 3.56. The molecule has 0 aliphatic carbocycles. The molecule has 0 saturated carbocycles. The first kappa shape index (κ1) is 11.4. The predicted molar refractivity (Wildman–Crippen MR) is 60.2 cm³/mol. The molecule has 1 aromatic heterocycles. The maximum Gasteiger partial charge on any atom is 0.346 e. The fourth-order valence-corrected chi connectivity index (χ4v) is 1.57. The highest BCUT2D eigenvalue weighted by molar-refractivity contribution is 5.99. The van der Waals surface area contributed by atoms with Gasteiger partial charge < -0.3 is 5.32 Å². The lowest BCUT2D eigenvalue weighted by molar-refractivity contribution is 0.0959. The zero-order valence-electron chi connectivity index (χ0n) is 9.65. The van der Waals surface area contributed by atoms with Crippen molar-refractivity contribution in [2.75, 3.05) is 19.0 Å². The molecule has 0 atom stereocenters. The van der Waals surface area contributed by atoms with Crippen LogP contribution in [0.3, 0.4) is 0 Å². The first-order chi connectivity index (χ1) is 8.19. The van der Waals surface area contributed by atoms with Crippen LogP contribution in [0.4, 0.5) is 10.6 Å². The highest BCUT2D eigenvalue weighted by Gasteiger charge is 2.27. The molecule has 0 radical (unpaired) electrons. The van der Waals surface area contributed by atoms with Crippen LogP contribution in [0.5, 0.6) is 0 Å². The van der Waals surface area contributed by atoms with E-state index in [1.54, 1.807) is 0 Å². The Morgan fingerprint density at radius 2 is 2.35 bits per heavy atom. The van der Waals surface area contributed by atoms with Gasteiger partial charge in [-0.1, -0.05) is 6.92 Å². The third-order valence-electron chi connectivity index (χ3n) is 2.40. The predicted octanol–water partition coefficient (Wildman–Crippen LogP) is -0.232. The largest absolute Gasteiger partial charge is 0.354 e. The summed E-state index contributed by atoms with van der Waals surface area (Å²) >= 11 is 0. The average molecular weight is 238 g/mol. The van der Waals surface area contributed by atoms with E-state index in [-0.39, 0.29) is 17.6 Å². The number of nitrogens with one attached hydrogen (secondary N) is 3. The standard InChI is InChI=1S/C9H14N6O2/c1-3-4-15-9(17)14-5-11-6(8(16)10-2)7(14)12-13-15/h5,12-13H,3-4H2,1-2H3,(H,10,16). The van der Waals surface area contributed by atoms with Crippen LogP contribution >= 0.6 is 0 Å². The van der Waals surface area contributed by atoms with Crippen LogP contribution in [0.2, 0.25) is 0 Å². The number of rotatable bonds is 3. The van der Waals surface area contributed by atoms with Crippen molar-refractivity contribution in [1.29, 1.82) is 0 Å². The van der Waals surface area contributed by atoms with E-state index in [9.17, 15) is 9.59 Å². The van der Waals surface area contributed by atoms with Crippen LogP contribution in [0.15, 0.2) is 6.33 Å². The number of aromatic nitrogens is 2. The molecular weight excluding hydrogens is 224 g/mol. The summed E-state index contributed by atoms with van der Waals surface area (Å²) in [6.45, 7) is 2.53. The number of amides is 2.